The van der Waals surface area contributed by atoms with Crippen LogP contribution >= 0.6 is 0 Å². The molecule has 0 saturated carbocycles. The molecule has 4 nitrogen and oxygen atoms in total. The van der Waals surface area contributed by atoms with Crippen LogP contribution in [0.1, 0.15) is 44.7 Å². The van der Waals surface area contributed by atoms with Crippen molar-refractivity contribution >= 4 is 11.7 Å². The minimum Gasteiger partial charge on any atom is -0.375 e. The minimum absolute atomic E-state index is 0.0355. The normalized spacial score (nSPS) is 20.5. The smallest absolute Gasteiger partial charge is 0.321 e. The second kappa shape index (κ2) is 6.69. The molecular weight excluding hydrogens is 276 g/mol. The number of hydrogen-bond donors (Lipinski definition) is 1. The SMILES string of the molecule is CCc1cccc(C)c1NC(=O)N(C)[C@H]1CCOC(C)(C)C1. The second-order valence-electron chi connectivity index (χ2n) is 6.76. The van der Waals surface area contributed by atoms with E-state index in [1.54, 1.807) is 0 Å². The monoisotopic (exact) mass is 304 g/mol. The lowest BCUT2D eigenvalue weighted by Gasteiger charge is -2.39. The number of urea groups is 1. The molecule has 0 aliphatic carbocycles. The summed E-state index contributed by atoms with van der Waals surface area (Å²) in [6, 6.07) is 6.32. The zero-order chi connectivity index (χ0) is 16.3. The molecular formula is C18H28N2O2. The predicted octanol–water partition coefficient (Wildman–Crippen LogP) is 3.98. The summed E-state index contributed by atoms with van der Waals surface area (Å²) in [6.45, 7) is 9.02. The minimum atomic E-state index is -0.158. The Hall–Kier alpha value is -1.55. The fourth-order valence-electron chi connectivity index (χ4n) is 3.09. The molecule has 1 aromatic rings. The Morgan fingerprint density at radius 1 is 1.45 bits per heavy atom. The molecule has 0 aromatic heterocycles. The van der Waals surface area contributed by atoms with E-state index in [2.05, 4.69) is 32.2 Å². The van der Waals surface area contributed by atoms with Crippen LogP contribution in [0.5, 0.6) is 0 Å². The van der Waals surface area contributed by atoms with Gasteiger partial charge in [0.15, 0.2) is 0 Å². The fraction of sp³-hybridized carbons (Fsp3) is 0.611. The van der Waals surface area contributed by atoms with E-state index in [0.717, 1.165) is 30.5 Å². The molecule has 0 spiro atoms. The van der Waals surface area contributed by atoms with Gasteiger partial charge in [0.1, 0.15) is 0 Å². The van der Waals surface area contributed by atoms with Crippen molar-refractivity contribution in [3.63, 3.8) is 0 Å². The maximum atomic E-state index is 12.6. The van der Waals surface area contributed by atoms with E-state index in [4.69, 9.17) is 4.74 Å². The molecule has 1 fully saturated rings. The number of rotatable bonds is 3. The molecule has 0 unspecified atom stereocenters. The van der Waals surface area contributed by atoms with Gasteiger partial charge in [-0.1, -0.05) is 25.1 Å². The van der Waals surface area contributed by atoms with E-state index in [-0.39, 0.29) is 17.7 Å². The molecule has 1 saturated heterocycles. The van der Waals surface area contributed by atoms with Gasteiger partial charge in [-0.15, -0.1) is 0 Å². The van der Waals surface area contributed by atoms with Crippen LogP contribution in [0.2, 0.25) is 0 Å². The third-order valence-corrected chi connectivity index (χ3v) is 4.51. The van der Waals surface area contributed by atoms with Crippen molar-refractivity contribution in [3.8, 4) is 0 Å². The third-order valence-electron chi connectivity index (χ3n) is 4.51. The molecule has 22 heavy (non-hydrogen) atoms. The first-order valence-electron chi connectivity index (χ1n) is 8.10. The molecule has 0 bridgehead atoms. The van der Waals surface area contributed by atoms with Crippen LogP contribution in [0.15, 0.2) is 18.2 Å². The number of ether oxygens (including phenoxy) is 1. The van der Waals surface area contributed by atoms with Gasteiger partial charge in [-0.2, -0.15) is 0 Å². The highest BCUT2D eigenvalue weighted by Gasteiger charge is 2.32. The van der Waals surface area contributed by atoms with Crippen molar-refractivity contribution in [1.82, 2.24) is 4.90 Å². The van der Waals surface area contributed by atoms with Crippen molar-refractivity contribution < 1.29 is 9.53 Å². The molecule has 2 amide bonds. The van der Waals surface area contributed by atoms with Gasteiger partial charge in [0.25, 0.3) is 0 Å². The highest BCUT2D eigenvalue weighted by Crippen LogP contribution is 2.28. The van der Waals surface area contributed by atoms with Crippen molar-refractivity contribution in [1.29, 1.82) is 0 Å². The summed E-state index contributed by atoms with van der Waals surface area (Å²) in [6.07, 6.45) is 2.67. The Balaban J connectivity index is 2.09. The first-order chi connectivity index (χ1) is 10.3. The number of carbonyl (C=O) groups excluding carboxylic acids is 1. The Morgan fingerprint density at radius 2 is 2.18 bits per heavy atom. The average molecular weight is 304 g/mol. The Morgan fingerprint density at radius 3 is 2.82 bits per heavy atom. The van der Waals surface area contributed by atoms with Crippen LogP contribution in [0.3, 0.4) is 0 Å². The van der Waals surface area contributed by atoms with Crippen LogP contribution in [0, 0.1) is 6.92 Å². The predicted molar refractivity (Wildman–Crippen MR) is 90.4 cm³/mol. The van der Waals surface area contributed by atoms with Gasteiger partial charge in [-0.25, -0.2) is 4.79 Å². The number of anilines is 1. The summed E-state index contributed by atoms with van der Waals surface area (Å²) in [5.74, 6) is 0. The molecule has 1 heterocycles. The van der Waals surface area contributed by atoms with Crippen molar-refractivity contribution in [2.45, 2.75) is 58.6 Å². The van der Waals surface area contributed by atoms with Crippen LogP contribution in [0.4, 0.5) is 10.5 Å². The highest BCUT2D eigenvalue weighted by molar-refractivity contribution is 5.91. The number of para-hydroxylation sites is 1. The van der Waals surface area contributed by atoms with E-state index < -0.39 is 0 Å². The summed E-state index contributed by atoms with van der Waals surface area (Å²) in [5.41, 5.74) is 3.07. The average Bonchev–Trinajstić information content (AvgIpc) is 2.47. The Labute approximate surface area is 133 Å². The molecule has 1 N–H and O–H groups in total. The molecule has 1 aliphatic rings. The number of aryl methyl sites for hydroxylation is 2. The van der Waals surface area contributed by atoms with E-state index >= 15 is 0 Å². The number of benzene rings is 1. The second-order valence-corrected chi connectivity index (χ2v) is 6.76. The van der Waals surface area contributed by atoms with Crippen LogP contribution in [0.25, 0.3) is 0 Å². The lowest BCUT2D eigenvalue weighted by Crippen LogP contribution is -2.48. The first-order valence-corrected chi connectivity index (χ1v) is 8.10. The summed E-state index contributed by atoms with van der Waals surface area (Å²) < 4.78 is 5.74. The lowest BCUT2D eigenvalue weighted by atomic mass is 9.93. The first kappa shape index (κ1) is 16.8. The molecule has 122 valence electrons. The van der Waals surface area contributed by atoms with E-state index in [0.29, 0.717) is 6.61 Å². The van der Waals surface area contributed by atoms with E-state index in [1.807, 2.05) is 31.0 Å². The van der Waals surface area contributed by atoms with E-state index in [9.17, 15) is 4.79 Å². The number of carbonyl (C=O) groups is 1. The van der Waals surface area contributed by atoms with Crippen molar-refractivity contribution in [3.05, 3.63) is 29.3 Å². The zero-order valence-corrected chi connectivity index (χ0v) is 14.4. The van der Waals surface area contributed by atoms with Gasteiger partial charge in [0.2, 0.25) is 0 Å². The molecule has 1 atom stereocenters. The molecule has 4 heteroatoms. The van der Waals surface area contributed by atoms with Gasteiger partial charge in [0, 0.05) is 25.4 Å². The largest absolute Gasteiger partial charge is 0.375 e. The molecule has 1 aliphatic heterocycles. The topological polar surface area (TPSA) is 41.6 Å². The summed E-state index contributed by atoms with van der Waals surface area (Å²) in [4.78, 5) is 14.4. The number of nitrogens with zero attached hydrogens (tertiary/aromatic N) is 1. The Bertz CT molecular complexity index is 540. The highest BCUT2D eigenvalue weighted by atomic mass is 16.5. The summed E-state index contributed by atoms with van der Waals surface area (Å²) in [7, 11) is 1.88. The summed E-state index contributed by atoms with van der Waals surface area (Å²) in [5, 5.41) is 3.10. The number of hydrogen-bond acceptors (Lipinski definition) is 2. The van der Waals surface area contributed by atoms with E-state index in [1.165, 1.54) is 5.56 Å². The van der Waals surface area contributed by atoms with Gasteiger partial charge >= 0.3 is 6.03 Å². The van der Waals surface area contributed by atoms with Gasteiger partial charge in [-0.05, 0) is 51.2 Å². The lowest BCUT2D eigenvalue weighted by molar-refractivity contribution is -0.0739. The van der Waals surface area contributed by atoms with Crippen LogP contribution < -0.4 is 5.32 Å². The molecule has 2 rings (SSSR count). The fourth-order valence-corrected chi connectivity index (χ4v) is 3.09. The van der Waals surface area contributed by atoms with Gasteiger partial charge in [-0.3, -0.25) is 0 Å². The quantitative estimate of drug-likeness (QED) is 0.917. The number of amides is 2. The molecule has 0 radical (unpaired) electrons. The number of nitrogens with one attached hydrogen (secondary N) is 1. The van der Waals surface area contributed by atoms with Crippen LogP contribution in [-0.2, 0) is 11.2 Å². The van der Waals surface area contributed by atoms with Crippen LogP contribution in [-0.4, -0.2) is 36.2 Å². The third kappa shape index (κ3) is 3.80. The maximum absolute atomic E-state index is 12.6. The standard InChI is InChI=1S/C18H28N2O2/c1-6-14-9-7-8-13(2)16(14)19-17(21)20(5)15-10-11-22-18(3,4)12-15/h7-9,15H,6,10-12H2,1-5H3,(H,19,21)/t15-/m0/s1. The Kier molecular flexibility index (Phi) is 5.12. The van der Waals surface area contributed by atoms with Crippen molar-refractivity contribution in [2.75, 3.05) is 19.0 Å². The van der Waals surface area contributed by atoms with Crippen molar-refractivity contribution in [2.24, 2.45) is 0 Å². The van der Waals surface area contributed by atoms with Gasteiger partial charge in [0.05, 0.1) is 5.60 Å². The zero-order valence-electron chi connectivity index (χ0n) is 14.4. The molecule has 1 aromatic carbocycles. The van der Waals surface area contributed by atoms with Gasteiger partial charge < -0.3 is 15.0 Å². The maximum Gasteiger partial charge on any atom is 0.321 e. The summed E-state index contributed by atoms with van der Waals surface area (Å²) >= 11 is 0.